The Hall–Kier alpha value is -2.30. The molecule has 0 saturated heterocycles. The number of carbonyl (C=O) groups excluding carboxylic acids is 1. The third kappa shape index (κ3) is 4.87. The van der Waals surface area contributed by atoms with Crippen molar-refractivity contribution in [2.24, 2.45) is 0 Å². The van der Waals surface area contributed by atoms with Crippen LogP contribution in [-0.4, -0.2) is 49.2 Å². The van der Waals surface area contributed by atoms with E-state index in [4.69, 9.17) is 11.6 Å². The SMILES string of the molecule is CN(C)S(=O)(=O)c1ccc(Cl)c(C(=O)Nc2nc3c(s2)CN(Cc2ccccc2)CC3)c1. The molecule has 32 heavy (non-hydrogen) atoms. The van der Waals surface area contributed by atoms with Crippen LogP contribution in [-0.2, 0) is 29.5 Å². The molecule has 10 heteroatoms. The van der Waals surface area contributed by atoms with Gasteiger partial charge in [0, 0.05) is 45.0 Å². The molecule has 0 spiro atoms. The van der Waals surface area contributed by atoms with Crippen molar-refractivity contribution < 1.29 is 13.2 Å². The summed E-state index contributed by atoms with van der Waals surface area (Å²) in [6.45, 7) is 2.53. The Morgan fingerprint density at radius 2 is 1.97 bits per heavy atom. The molecule has 1 aromatic heterocycles. The van der Waals surface area contributed by atoms with Crippen molar-refractivity contribution in [3.8, 4) is 0 Å². The number of thiazole rings is 1. The van der Waals surface area contributed by atoms with Gasteiger partial charge in [-0.3, -0.25) is 15.0 Å². The van der Waals surface area contributed by atoms with Crippen molar-refractivity contribution in [3.05, 3.63) is 75.3 Å². The highest BCUT2D eigenvalue weighted by molar-refractivity contribution is 7.89. The van der Waals surface area contributed by atoms with Gasteiger partial charge in [-0.25, -0.2) is 17.7 Å². The van der Waals surface area contributed by atoms with Crippen LogP contribution in [0.4, 0.5) is 5.13 Å². The summed E-state index contributed by atoms with van der Waals surface area (Å²) in [5.41, 5.74) is 2.34. The fourth-order valence-corrected chi connectivity index (χ4v) is 5.67. The van der Waals surface area contributed by atoms with Gasteiger partial charge in [0.15, 0.2) is 5.13 Å². The maximum atomic E-state index is 12.9. The van der Waals surface area contributed by atoms with Crippen molar-refractivity contribution in [3.63, 3.8) is 0 Å². The highest BCUT2D eigenvalue weighted by Crippen LogP contribution is 2.30. The van der Waals surface area contributed by atoms with Crippen LogP contribution in [0.2, 0.25) is 5.02 Å². The zero-order valence-electron chi connectivity index (χ0n) is 17.7. The first-order chi connectivity index (χ1) is 15.2. The minimum absolute atomic E-state index is 0.00652. The molecule has 1 N–H and O–H groups in total. The summed E-state index contributed by atoms with van der Waals surface area (Å²) in [6.07, 6.45) is 0.811. The molecule has 0 unspecified atom stereocenters. The fourth-order valence-electron chi connectivity index (χ4n) is 3.49. The molecule has 7 nitrogen and oxygen atoms in total. The summed E-state index contributed by atoms with van der Waals surface area (Å²) in [5.74, 6) is -0.488. The van der Waals surface area contributed by atoms with E-state index in [0.717, 1.165) is 40.9 Å². The van der Waals surface area contributed by atoms with E-state index in [2.05, 4.69) is 27.3 Å². The minimum atomic E-state index is -3.68. The zero-order chi connectivity index (χ0) is 22.9. The van der Waals surface area contributed by atoms with E-state index in [-0.39, 0.29) is 15.5 Å². The molecule has 3 aromatic rings. The third-order valence-electron chi connectivity index (χ3n) is 5.24. The number of hydrogen-bond donors (Lipinski definition) is 1. The van der Waals surface area contributed by atoms with Gasteiger partial charge in [0.1, 0.15) is 0 Å². The van der Waals surface area contributed by atoms with Crippen molar-refractivity contribution in [1.82, 2.24) is 14.2 Å². The number of fused-ring (bicyclic) bond motifs is 1. The van der Waals surface area contributed by atoms with Crippen molar-refractivity contribution >= 4 is 44.0 Å². The molecule has 0 fully saturated rings. The second kappa shape index (κ2) is 9.29. The minimum Gasteiger partial charge on any atom is -0.298 e. The van der Waals surface area contributed by atoms with Gasteiger partial charge in [0.25, 0.3) is 5.91 Å². The van der Waals surface area contributed by atoms with E-state index in [9.17, 15) is 13.2 Å². The lowest BCUT2D eigenvalue weighted by molar-refractivity contribution is 0.102. The Morgan fingerprint density at radius 3 is 2.69 bits per heavy atom. The average Bonchev–Trinajstić information content (AvgIpc) is 3.16. The van der Waals surface area contributed by atoms with Crippen molar-refractivity contribution in [1.29, 1.82) is 0 Å². The predicted octanol–water partition coefficient (Wildman–Crippen LogP) is 3.86. The number of nitrogens with one attached hydrogen (secondary N) is 1. The summed E-state index contributed by atoms with van der Waals surface area (Å²) in [4.78, 5) is 20.9. The van der Waals surface area contributed by atoms with E-state index in [0.29, 0.717) is 5.13 Å². The molecule has 1 amide bonds. The number of halogens is 1. The predicted molar refractivity (Wildman–Crippen MR) is 127 cm³/mol. The smallest absolute Gasteiger partial charge is 0.259 e. The molecule has 2 heterocycles. The summed E-state index contributed by atoms with van der Waals surface area (Å²) >= 11 is 7.63. The Morgan fingerprint density at radius 1 is 1.22 bits per heavy atom. The molecule has 0 radical (unpaired) electrons. The van der Waals surface area contributed by atoms with Crippen LogP contribution < -0.4 is 5.32 Å². The lowest BCUT2D eigenvalue weighted by Gasteiger charge is -2.25. The van der Waals surface area contributed by atoms with Crippen LogP contribution >= 0.6 is 22.9 Å². The van der Waals surface area contributed by atoms with Gasteiger partial charge in [-0.2, -0.15) is 0 Å². The van der Waals surface area contributed by atoms with Crippen LogP contribution in [0.1, 0.15) is 26.5 Å². The quantitative estimate of drug-likeness (QED) is 0.567. The maximum absolute atomic E-state index is 12.9. The Labute approximate surface area is 196 Å². The molecule has 0 bridgehead atoms. The molecule has 1 aliphatic rings. The number of rotatable bonds is 6. The number of amides is 1. The molecule has 2 aromatic carbocycles. The molecule has 1 aliphatic heterocycles. The number of nitrogens with zero attached hydrogens (tertiary/aromatic N) is 3. The number of aromatic nitrogens is 1. The zero-order valence-corrected chi connectivity index (χ0v) is 20.1. The van der Waals surface area contributed by atoms with Gasteiger partial charge < -0.3 is 0 Å². The van der Waals surface area contributed by atoms with Gasteiger partial charge in [-0.1, -0.05) is 41.9 Å². The fraction of sp³-hybridized carbons (Fsp3) is 0.273. The van der Waals surface area contributed by atoms with Crippen LogP contribution in [0.3, 0.4) is 0 Å². The number of sulfonamides is 1. The molecule has 0 saturated carbocycles. The molecular weight excluding hydrogens is 468 g/mol. The Bertz CT molecular complexity index is 1240. The lowest BCUT2D eigenvalue weighted by Crippen LogP contribution is -2.29. The highest BCUT2D eigenvalue weighted by atomic mass is 35.5. The first-order valence-electron chi connectivity index (χ1n) is 10.0. The Kier molecular flexibility index (Phi) is 6.64. The monoisotopic (exact) mass is 490 g/mol. The maximum Gasteiger partial charge on any atom is 0.259 e. The van der Waals surface area contributed by atoms with Gasteiger partial charge in [-0.05, 0) is 23.8 Å². The highest BCUT2D eigenvalue weighted by Gasteiger charge is 2.24. The number of anilines is 1. The first-order valence-corrected chi connectivity index (χ1v) is 12.7. The van der Waals surface area contributed by atoms with Gasteiger partial charge in [0.05, 0.1) is 21.2 Å². The van der Waals surface area contributed by atoms with Crippen LogP contribution in [0.5, 0.6) is 0 Å². The molecular formula is C22H23ClN4O3S2. The van der Waals surface area contributed by atoms with Gasteiger partial charge >= 0.3 is 0 Å². The summed E-state index contributed by atoms with van der Waals surface area (Å²) in [7, 11) is -0.810. The number of benzene rings is 2. The third-order valence-corrected chi connectivity index (χ3v) is 8.38. The molecule has 0 atom stereocenters. The van der Waals surface area contributed by atoms with Gasteiger partial charge in [0.2, 0.25) is 10.0 Å². The van der Waals surface area contributed by atoms with E-state index in [1.807, 2.05) is 18.2 Å². The Balaban J connectivity index is 1.49. The van der Waals surface area contributed by atoms with Gasteiger partial charge in [-0.15, -0.1) is 11.3 Å². The molecule has 168 valence electrons. The van der Waals surface area contributed by atoms with E-state index < -0.39 is 15.9 Å². The molecule has 4 rings (SSSR count). The van der Waals surface area contributed by atoms with E-state index >= 15 is 0 Å². The van der Waals surface area contributed by atoms with E-state index in [1.165, 1.54) is 49.2 Å². The number of carbonyl (C=O) groups is 1. The van der Waals surface area contributed by atoms with E-state index in [1.54, 1.807) is 0 Å². The van der Waals surface area contributed by atoms with Crippen LogP contribution in [0.25, 0.3) is 0 Å². The first kappa shape index (κ1) is 22.9. The average molecular weight is 491 g/mol. The number of hydrogen-bond acceptors (Lipinski definition) is 6. The topological polar surface area (TPSA) is 82.6 Å². The summed E-state index contributed by atoms with van der Waals surface area (Å²) in [5, 5.41) is 3.45. The van der Waals surface area contributed by atoms with Crippen LogP contribution in [0.15, 0.2) is 53.4 Å². The molecule has 0 aliphatic carbocycles. The summed E-state index contributed by atoms with van der Waals surface area (Å²) < 4.78 is 25.9. The second-order valence-electron chi connectivity index (χ2n) is 7.72. The van der Waals surface area contributed by atoms with Crippen LogP contribution in [0, 0.1) is 0 Å². The lowest BCUT2D eigenvalue weighted by atomic mass is 10.1. The van der Waals surface area contributed by atoms with Crippen molar-refractivity contribution in [2.45, 2.75) is 24.4 Å². The largest absolute Gasteiger partial charge is 0.298 e. The second-order valence-corrected chi connectivity index (χ2v) is 11.4. The van der Waals surface area contributed by atoms with Crippen molar-refractivity contribution in [2.75, 3.05) is 26.0 Å². The standard InChI is InChI=1S/C22H23ClN4O3S2/c1-26(2)32(29,30)16-8-9-18(23)17(12-16)21(28)25-22-24-19-10-11-27(14-20(19)31-22)13-15-6-4-3-5-7-15/h3-9,12H,10-11,13-14H2,1-2H3,(H,24,25,28). The normalized spacial score (nSPS) is 14.4. The summed E-state index contributed by atoms with van der Waals surface area (Å²) in [6, 6.07) is 14.4.